The number of nitrogens with zero attached hydrogens (tertiary/aromatic N) is 4. The van der Waals surface area contributed by atoms with E-state index in [0.717, 1.165) is 48.8 Å². The Balaban J connectivity index is 1.47. The number of hydrogen-bond donors (Lipinski definition) is 0. The topological polar surface area (TPSA) is 49.3 Å². The number of carbonyl (C=O) groups excluding carboxylic acids is 1. The summed E-state index contributed by atoms with van der Waals surface area (Å²) in [7, 11) is 1.82. The van der Waals surface area contributed by atoms with E-state index in [1.54, 1.807) is 4.90 Å². The summed E-state index contributed by atoms with van der Waals surface area (Å²) in [5, 5.41) is 0. The SMILES string of the molecule is Cc1nc([C@@H]2CCCN2CC(c2ccccc2)c2ccccc2)nc2c1CC(=O)N2C. The highest BCUT2D eigenvalue weighted by Gasteiger charge is 2.34. The highest BCUT2D eigenvalue weighted by Crippen LogP contribution is 2.37. The fraction of sp³-hybridized carbons (Fsp3) is 0.346. The number of aromatic nitrogens is 2. The van der Waals surface area contributed by atoms with Crippen LogP contribution in [0.15, 0.2) is 60.7 Å². The number of rotatable bonds is 5. The largest absolute Gasteiger partial charge is 0.299 e. The fourth-order valence-electron chi connectivity index (χ4n) is 4.97. The summed E-state index contributed by atoms with van der Waals surface area (Å²) < 4.78 is 0. The van der Waals surface area contributed by atoms with Gasteiger partial charge in [0.1, 0.15) is 11.6 Å². The van der Waals surface area contributed by atoms with Gasteiger partial charge in [0.2, 0.25) is 5.91 Å². The van der Waals surface area contributed by atoms with Crippen LogP contribution in [-0.4, -0.2) is 40.9 Å². The lowest BCUT2D eigenvalue weighted by atomic mass is 9.90. The van der Waals surface area contributed by atoms with Crippen molar-refractivity contribution in [1.29, 1.82) is 0 Å². The molecule has 0 saturated carbocycles. The van der Waals surface area contributed by atoms with Crippen molar-refractivity contribution in [3.8, 4) is 0 Å². The molecule has 3 heterocycles. The van der Waals surface area contributed by atoms with Crippen molar-refractivity contribution >= 4 is 11.7 Å². The maximum Gasteiger partial charge on any atom is 0.232 e. The summed E-state index contributed by atoms with van der Waals surface area (Å²) in [6.07, 6.45) is 2.60. The van der Waals surface area contributed by atoms with Gasteiger partial charge in [0.25, 0.3) is 0 Å². The van der Waals surface area contributed by atoms with Gasteiger partial charge in [-0.25, -0.2) is 9.97 Å². The summed E-state index contributed by atoms with van der Waals surface area (Å²) in [6.45, 7) is 3.97. The molecule has 5 nitrogen and oxygen atoms in total. The predicted octanol–water partition coefficient (Wildman–Crippen LogP) is 4.27. The van der Waals surface area contributed by atoms with Gasteiger partial charge in [-0.3, -0.25) is 14.6 Å². The average Bonchev–Trinajstić information content (AvgIpc) is 3.38. The Morgan fingerprint density at radius 1 is 1.00 bits per heavy atom. The number of carbonyl (C=O) groups is 1. The zero-order chi connectivity index (χ0) is 21.4. The van der Waals surface area contributed by atoms with Crippen LogP contribution in [0, 0.1) is 6.92 Å². The van der Waals surface area contributed by atoms with Crippen molar-refractivity contribution < 1.29 is 4.79 Å². The second-order valence-electron chi connectivity index (χ2n) is 8.63. The molecule has 1 saturated heterocycles. The van der Waals surface area contributed by atoms with E-state index in [2.05, 4.69) is 65.6 Å². The molecular formula is C26H28N4O. The van der Waals surface area contributed by atoms with E-state index in [0.29, 0.717) is 12.3 Å². The van der Waals surface area contributed by atoms with Gasteiger partial charge < -0.3 is 0 Å². The lowest BCUT2D eigenvalue weighted by Gasteiger charge is -2.29. The molecule has 1 atom stereocenters. The predicted molar refractivity (Wildman–Crippen MR) is 122 cm³/mol. The van der Waals surface area contributed by atoms with Crippen LogP contribution in [-0.2, 0) is 11.2 Å². The van der Waals surface area contributed by atoms with Crippen molar-refractivity contribution in [3.05, 3.63) is 88.9 Å². The molecule has 0 bridgehead atoms. The van der Waals surface area contributed by atoms with Crippen LogP contribution < -0.4 is 4.90 Å². The van der Waals surface area contributed by atoms with Crippen molar-refractivity contribution in [3.63, 3.8) is 0 Å². The highest BCUT2D eigenvalue weighted by molar-refractivity contribution is 5.99. The minimum atomic E-state index is 0.0982. The molecule has 0 radical (unpaired) electrons. The van der Waals surface area contributed by atoms with Gasteiger partial charge in [0, 0.05) is 30.8 Å². The maximum atomic E-state index is 12.2. The molecule has 0 unspecified atom stereocenters. The normalized spacial score (nSPS) is 18.7. The molecule has 0 N–H and O–H groups in total. The molecule has 2 aliphatic heterocycles. The summed E-state index contributed by atoms with van der Waals surface area (Å²) in [6, 6.07) is 21.7. The van der Waals surface area contributed by atoms with Crippen LogP contribution in [0.2, 0.25) is 0 Å². The van der Waals surface area contributed by atoms with E-state index in [-0.39, 0.29) is 11.9 Å². The molecule has 1 fully saturated rings. The average molecular weight is 413 g/mol. The summed E-state index contributed by atoms with van der Waals surface area (Å²) in [5.74, 6) is 2.04. The standard InChI is InChI=1S/C26H28N4O/c1-18-21-16-24(31)29(2)26(21)28-25(27-18)23-14-9-15-30(23)17-22(19-10-5-3-6-11-19)20-12-7-4-8-13-20/h3-8,10-13,22-23H,9,14-17H2,1-2H3/t23-/m0/s1. The lowest BCUT2D eigenvalue weighted by Crippen LogP contribution is -2.30. The highest BCUT2D eigenvalue weighted by atomic mass is 16.2. The Bertz CT molecular complexity index is 1040. The first-order valence-electron chi connectivity index (χ1n) is 11.1. The smallest absolute Gasteiger partial charge is 0.232 e. The third-order valence-electron chi connectivity index (χ3n) is 6.71. The zero-order valence-electron chi connectivity index (χ0n) is 18.2. The number of likely N-dealkylation sites (tertiary alicyclic amines) is 1. The number of fused-ring (bicyclic) bond motifs is 1. The fourth-order valence-corrected chi connectivity index (χ4v) is 4.97. The molecule has 1 aromatic heterocycles. The summed E-state index contributed by atoms with van der Waals surface area (Å²) in [5.41, 5.74) is 4.57. The van der Waals surface area contributed by atoms with Gasteiger partial charge in [-0.1, -0.05) is 60.7 Å². The molecule has 31 heavy (non-hydrogen) atoms. The quantitative estimate of drug-likeness (QED) is 0.628. The molecule has 1 amide bonds. The number of anilines is 1. The van der Waals surface area contributed by atoms with E-state index >= 15 is 0 Å². The molecule has 5 heteroatoms. The first-order valence-corrected chi connectivity index (χ1v) is 11.1. The van der Waals surface area contributed by atoms with Crippen LogP contribution in [0.5, 0.6) is 0 Å². The Morgan fingerprint density at radius 2 is 1.65 bits per heavy atom. The van der Waals surface area contributed by atoms with E-state index in [1.807, 2.05) is 14.0 Å². The molecule has 2 aliphatic rings. The summed E-state index contributed by atoms with van der Waals surface area (Å²) in [4.78, 5) is 26.2. The van der Waals surface area contributed by atoms with Crippen molar-refractivity contribution in [1.82, 2.24) is 14.9 Å². The first-order chi connectivity index (χ1) is 15.1. The number of hydrogen-bond acceptors (Lipinski definition) is 4. The first kappa shape index (κ1) is 19.9. The van der Waals surface area contributed by atoms with E-state index in [4.69, 9.17) is 9.97 Å². The van der Waals surface area contributed by atoms with E-state index in [1.165, 1.54) is 11.1 Å². The number of amides is 1. The van der Waals surface area contributed by atoms with Crippen LogP contribution in [0.4, 0.5) is 5.82 Å². The van der Waals surface area contributed by atoms with Gasteiger partial charge in [0.15, 0.2) is 0 Å². The molecule has 2 aromatic carbocycles. The lowest BCUT2D eigenvalue weighted by molar-refractivity contribution is -0.117. The zero-order valence-corrected chi connectivity index (χ0v) is 18.2. The van der Waals surface area contributed by atoms with Crippen LogP contribution in [0.1, 0.15) is 53.0 Å². The second kappa shape index (κ2) is 8.23. The van der Waals surface area contributed by atoms with Crippen LogP contribution in [0.25, 0.3) is 0 Å². The molecule has 158 valence electrons. The van der Waals surface area contributed by atoms with Crippen LogP contribution in [0.3, 0.4) is 0 Å². The third-order valence-corrected chi connectivity index (χ3v) is 6.71. The molecule has 0 aliphatic carbocycles. The minimum Gasteiger partial charge on any atom is -0.299 e. The van der Waals surface area contributed by atoms with Gasteiger partial charge in [0.05, 0.1) is 12.5 Å². The second-order valence-corrected chi connectivity index (χ2v) is 8.63. The molecule has 3 aromatic rings. The molecular weight excluding hydrogens is 384 g/mol. The van der Waals surface area contributed by atoms with Gasteiger partial charge in [-0.15, -0.1) is 0 Å². The number of likely N-dealkylation sites (N-methyl/N-ethyl adjacent to an activating group) is 1. The van der Waals surface area contributed by atoms with Crippen molar-refractivity contribution in [2.45, 2.75) is 38.1 Å². The Labute approximate surface area is 183 Å². The number of aryl methyl sites for hydroxylation is 1. The van der Waals surface area contributed by atoms with E-state index in [9.17, 15) is 4.79 Å². The Hall–Kier alpha value is -3.05. The van der Waals surface area contributed by atoms with E-state index < -0.39 is 0 Å². The summed E-state index contributed by atoms with van der Waals surface area (Å²) >= 11 is 0. The minimum absolute atomic E-state index is 0.0982. The molecule has 5 rings (SSSR count). The monoisotopic (exact) mass is 412 g/mol. The van der Waals surface area contributed by atoms with Gasteiger partial charge in [-0.2, -0.15) is 0 Å². The molecule has 0 spiro atoms. The third kappa shape index (κ3) is 3.74. The van der Waals surface area contributed by atoms with Crippen molar-refractivity contribution in [2.24, 2.45) is 0 Å². The Kier molecular flexibility index (Phi) is 5.28. The van der Waals surface area contributed by atoms with Gasteiger partial charge in [-0.05, 0) is 37.4 Å². The van der Waals surface area contributed by atoms with Crippen LogP contribution >= 0.6 is 0 Å². The van der Waals surface area contributed by atoms with Crippen molar-refractivity contribution in [2.75, 3.05) is 25.0 Å². The Morgan fingerprint density at radius 3 is 2.29 bits per heavy atom. The van der Waals surface area contributed by atoms with Gasteiger partial charge >= 0.3 is 0 Å². The number of benzene rings is 2. The maximum absolute atomic E-state index is 12.2.